The lowest BCUT2D eigenvalue weighted by molar-refractivity contribution is -0.121. The van der Waals surface area contributed by atoms with Crippen molar-refractivity contribution in [2.24, 2.45) is 5.92 Å². The van der Waals surface area contributed by atoms with Gasteiger partial charge in [0.05, 0.1) is 26.2 Å². The Morgan fingerprint density at radius 3 is 2.34 bits per heavy atom. The number of halogens is 1. The van der Waals surface area contributed by atoms with E-state index < -0.39 is 0 Å². The van der Waals surface area contributed by atoms with Crippen molar-refractivity contribution in [3.63, 3.8) is 0 Å². The molecular formula is C24H30FN3O4. The lowest BCUT2D eigenvalue weighted by atomic mass is 9.88. The maximum atomic E-state index is 13.4. The normalized spacial score (nSPS) is 18.2. The molecule has 3 amide bonds. The second-order valence-electron chi connectivity index (χ2n) is 8.16. The first-order chi connectivity index (χ1) is 15.3. The van der Waals surface area contributed by atoms with E-state index in [2.05, 4.69) is 10.6 Å². The first-order valence-corrected chi connectivity index (χ1v) is 10.7. The molecule has 7 nitrogen and oxygen atoms in total. The van der Waals surface area contributed by atoms with Crippen molar-refractivity contribution < 1.29 is 23.5 Å². The summed E-state index contributed by atoms with van der Waals surface area (Å²) in [6.45, 7) is 4.03. The highest BCUT2D eigenvalue weighted by Crippen LogP contribution is 2.35. The molecule has 32 heavy (non-hydrogen) atoms. The minimum Gasteiger partial charge on any atom is -0.493 e. The Kier molecular flexibility index (Phi) is 7.56. The van der Waals surface area contributed by atoms with E-state index >= 15 is 0 Å². The molecule has 0 bridgehead atoms. The molecule has 0 radical (unpaired) electrons. The average Bonchev–Trinajstić information content (AvgIpc) is 2.78. The zero-order valence-electron chi connectivity index (χ0n) is 18.9. The fraction of sp³-hybridized carbons (Fsp3) is 0.417. The highest BCUT2D eigenvalue weighted by atomic mass is 19.1. The molecule has 2 atom stereocenters. The van der Waals surface area contributed by atoms with Crippen LogP contribution in [0.15, 0.2) is 42.5 Å². The van der Waals surface area contributed by atoms with E-state index in [1.165, 1.54) is 19.2 Å². The Labute approximate surface area is 187 Å². The Hall–Kier alpha value is -3.29. The van der Waals surface area contributed by atoms with Gasteiger partial charge in [-0.3, -0.25) is 4.79 Å². The second kappa shape index (κ2) is 10.3. The van der Waals surface area contributed by atoms with Crippen molar-refractivity contribution in [1.29, 1.82) is 0 Å². The zero-order valence-corrected chi connectivity index (χ0v) is 18.9. The van der Waals surface area contributed by atoms with E-state index in [0.717, 1.165) is 5.56 Å². The predicted octanol–water partition coefficient (Wildman–Crippen LogP) is 4.35. The van der Waals surface area contributed by atoms with Crippen molar-refractivity contribution >= 4 is 17.6 Å². The fourth-order valence-corrected chi connectivity index (χ4v) is 3.93. The van der Waals surface area contributed by atoms with Gasteiger partial charge in [-0.1, -0.05) is 12.1 Å². The summed E-state index contributed by atoms with van der Waals surface area (Å²) in [5.74, 6) is 0.217. The molecule has 8 heteroatoms. The Morgan fingerprint density at radius 1 is 1.03 bits per heavy atom. The number of nitrogens with one attached hydrogen (secondary N) is 2. The minimum absolute atomic E-state index is 0.0441. The smallest absolute Gasteiger partial charge is 0.318 e. The Balaban J connectivity index is 1.76. The largest absolute Gasteiger partial charge is 0.493 e. The van der Waals surface area contributed by atoms with Crippen molar-refractivity contribution in [2.75, 3.05) is 26.1 Å². The third kappa shape index (κ3) is 5.49. The molecule has 0 saturated carbocycles. The van der Waals surface area contributed by atoms with E-state index in [-0.39, 0.29) is 42.3 Å². The molecule has 0 aliphatic carbocycles. The lowest BCUT2D eigenvalue weighted by Gasteiger charge is -2.39. The number of carbonyl (C=O) groups excluding carboxylic acids is 2. The molecule has 0 spiro atoms. The van der Waals surface area contributed by atoms with Gasteiger partial charge in [0.1, 0.15) is 5.82 Å². The molecule has 0 aromatic heterocycles. The van der Waals surface area contributed by atoms with Gasteiger partial charge in [0, 0.05) is 24.3 Å². The van der Waals surface area contributed by atoms with E-state index in [1.807, 2.05) is 13.8 Å². The number of nitrogens with zero attached hydrogens (tertiary/aromatic N) is 1. The van der Waals surface area contributed by atoms with Crippen LogP contribution >= 0.6 is 0 Å². The zero-order chi connectivity index (χ0) is 23.3. The van der Waals surface area contributed by atoms with Gasteiger partial charge in [-0.05, 0) is 56.5 Å². The highest BCUT2D eigenvalue weighted by Gasteiger charge is 2.36. The number of ether oxygens (including phenoxy) is 2. The summed E-state index contributed by atoms with van der Waals surface area (Å²) < 4.78 is 23.9. The summed E-state index contributed by atoms with van der Waals surface area (Å²) in [5.41, 5.74) is 1.44. The molecule has 1 aliphatic rings. The van der Waals surface area contributed by atoms with Gasteiger partial charge in [0.2, 0.25) is 5.91 Å². The van der Waals surface area contributed by atoms with E-state index in [1.54, 1.807) is 42.3 Å². The summed E-state index contributed by atoms with van der Waals surface area (Å²) >= 11 is 0. The third-order valence-electron chi connectivity index (χ3n) is 5.53. The van der Waals surface area contributed by atoms with Gasteiger partial charge in [0.15, 0.2) is 11.5 Å². The SMILES string of the molecule is COc1ccc(NC(=O)C2CCC(c3ccc(F)cc3)N(C(=O)NC(C)C)C2)cc1OC. The first-order valence-electron chi connectivity index (χ1n) is 10.7. The van der Waals surface area contributed by atoms with E-state index in [0.29, 0.717) is 30.0 Å². The van der Waals surface area contributed by atoms with Gasteiger partial charge < -0.3 is 25.0 Å². The molecule has 1 heterocycles. The topological polar surface area (TPSA) is 79.9 Å². The standard InChI is InChI=1S/C24H30FN3O4/c1-15(2)26-24(30)28-14-17(7-11-20(28)16-5-8-18(25)9-6-16)23(29)27-19-10-12-21(31-3)22(13-19)32-4/h5-6,8-10,12-13,15,17,20H,7,11,14H2,1-4H3,(H,26,30)(H,27,29). The number of likely N-dealkylation sites (tertiary alicyclic amines) is 1. The number of carbonyl (C=O) groups is 2. The molecule has 2 unspecified atom stereocenters. The number of piperidine rings is 1. The molecule has 1 saturated heterocycles. The second-order valence-corrected chi connectivity index (χ2v) is 8.16. The first kappa shape index (κ1) is 23.4. The van der Waals surface area contributed by atoms with Crippen LogP contribution in [0.3, 0.4) is 0 Å². The molecule has 2 aromatic carbocycles. The summed E-state index contributed by atoms with van der Waals surface area (Å²) in [7, 11) is 3.08. The molecule has 2 aromatic rings. The average molecular weight is 444 g/mol. The lowest BCUT2D eigenvalue weighted by Crippen LogP contribution is -2.50. The Bertz CT molecular complexity index is 949. The molecule has 1 aliphatic heterocycles. The van der Waals surface area contributed by atoms with Crippen molar-refractivity contribution in [1.82, 2.24) is 10.2 Å². The maximum absolute atomic E-state index is 13.4. The molecule has 1 fully saturated rings. The van der Waals surface area contributed by atoms with Gasteiger partial charge >= 0.3 is 6.03 Å². The van der Waals surface area contributed by atoms with Crippen LogP contribution in [0.4, 0.5) is 14.9 Å². The van der Waals surface area contributed by atoms with Crippen LogP contribution in [-0.4, -0.2) is 43.6 Å². The summed E-state index contributed by atoms with van der Waals surface area (Å²) in [6.07, 6.45) is 1.20. The summed E-state index contributed by atoms with van der Waals surface area (Å²) in [4.78, 5) is 27.6. The maximum Gasteiger partial charge on any atom is 0.318 e. The van der Waals surface area contributed by atoms with Crippen molar-refractivity contribution in [2.45, 2.75) is 38.8 Å². The third-order valence-corrected chi connectivity index (χ3v) is 5.53. The van der Waals surface area contributed by atoms with Crippen LogP contribution in [0.1, 0.15) is 38.3 Å². The summed E-state index contributed by atoms with van der Waals surface area (Å²) in [6, 6.07) is 10.8. The quantitative estimate of drug-likeness (QED) is 0.696. The monoisotopic (exact) mass is 443 g/mol. The van der Waals surface area contributed by atoms with Gasteiger partial charge in [-0.15, -0.1) is 0 Å². The van der Waals surface area contributed by atoms with Crippen LogP contribution < -0.4 is 20.1 Å². The molecule has 172 valence electrons. The van der Waals surface area contributed by atoms with Crippen LogP contribution in [0, 0.1) is 11.7 Å². The van der Waals surface area contributed by atoms with Crippen LogP contribution in [-0.2, 0) is 4.79 Å². The van der Waals surface area contributed by atoms with E-state index in [9.17, 15) is 14.0 Å². The van der Waals surface area contributed by atoms with Gasteiger partial charge in [-0.2, -0.15) is 0 Å². The Morgan fingerprint density at radius 2 is 1.72 bits per heavy atom. The van der Waals surface area contributed by atoms with Gasteiger partial charge in [-0.25, -0.2) is 9.18 Å². The molecule has 3 rings (SSSR count). The number of rotatable bonds is 6. The van der Waals surface area contributed by atoms with Crippen molar-refractivity contribution in [3.05, 3.63) is 53.8 Å². The fourth-order valence-electron chi connectivity index (χ4n) is 3.93. The number of methoxy groups -OCH3 is 2. The van der Waals surface area contributed by atoms with Crippen LogP contribution in [0.2, 0.25) is 0 Å². The predicted molar refractivity (Wildman–Crippen MR) is 120 cm³/mol. The van der Waals surface area contributed by atoms with Crippen LogP contribution in [0.5, 0.6) is 11.5 Å². The number of hydrogen-bond acceptors (Lipinski definition) is 4. The number of anilines is 1. The number of amides is 3. The summed E-state index contributed by atoms with van der Waals surface area (Å²) in [5, 5.41) is 5.83. The number of urea groups is 1. The molecule has 2 N–H and O–H groups in total. The number of hydrogen-bond donors (Lipinski definition) is 2. The van der Waals surface area contributed by atoms with E-state index in [4.69, 9.17) is 9.47 Å². The minimum atomic E-state index is -0.377. The highest BCUT2D eigenvalue weighted by molar-refractivity contribution is 5.93. The number of benzene rings is 2. The molecular weight excluding hydrogens is 413 g/mol. The van der Waals surface area contributed by atoms with Gasteiger partial charge in [0.25, 0.3) is 0 Å². The van der Waals surface area contributed by atoms with Crippen LogP contribution in [0.25, 0.3) is 0 Å². The van der Waals surface area contributed by atoms with Crippen molar-refractivity contribution in [3.8, 4) is 11.5 Å².